The van der Waals surface area contributed by atoms with Crippen molar-refractivity contribution < 1.29 is 9.59 Å². The van der Waals surface area contributed by atoms with Gasteiger partial charge in [-0.25, -0.2) is 0 Å². The Kier molecular flexibility index (Phi) is 6.14. The second-order valence-corrected chi connectivity index (χ2v) is 11.7. The van der Waals surface area contributed by atoms with E-state index in [1.54, 1.807) is 6.07 Å². The maximum atomic E-state index is 14.2. The molecule has 2 nitrogen and oxygen atoms in total. The molecule has 0 amide bonds. The highest BCUT2D eigenvalue weighted by Crippen LogP contribution is 2.38. The van der Waals surface area contributed by atoms with Crippen molar-refractivity contribution in [3.63, 3.8) is 0 Å². The van der Waals surface area contributed by atoms with Crippen LogP contribution in [0.1, 0.15) is 51.3 Å². The summed E-state index contributed by atoms with van der Waals surface area (Å²) in [7, 11) is 0. The van der Waals surface area contributed by atoms with E-state index < -0.39 is 0 Å². The molecule has 214 valence electrons. The molecule has 9 rings (SSSR count). The lowest BCUT2D eigenvalue weighted by molar-refractivity contribution is 0.103. The molecule has 0 aliphatic carbocycles. The van der Waals surface area contributed by atoms with Crippen LogP contribution in [0.5, 0.6) is 0 Å². The monoisotopic (exact) mass is 578 g/mol. The summed E-state index contributed by atoms with van der Waals surface area (Å²) in [6, 6.07) is 42.9. The lowest BCUT2D eigenvalue weighted by Crippen LogP contribution is -2.08. The maximum absolute atomic E-state index is 14.2. The predicted molar refractivity (Wildman–Crippen MR) is 190 cm³/mol. The molecule has 2 heteroatoms. The molecule has 0 atom stereocenters. The van der Waals surface area contributed by atoms with Crippen LogP contribution in [-0.2, 0) is 0 Å². The van der Waals surface area contributed by atoms with E-state index in [2.05, 4.69) is 84.9 Å². The number of rotatable bonds is 4. The summed E-state index contributed by atoms with van der Waals surface area (Å²) >= 11 is 0. The summed E-state index contributed by atoms with van der Waals surface area (Å²) in [5.74, 6) is -0.155. The van der Waals surface area contributed by atoms with Gasteiger partial charge in [0.15, 0.2) is 11.6 Å². The summed E-state index contributed by atoms with van der Waals surface area (Å²) in [4.78, 5) is 28.4. The highest BCUT2D eigenvalue weighted by Gasteiger charge is 2.21. The van der Waals surface area contributed by atoms with Crippen molar-refractivity contribution in [2.24, 2.45) is 0 Å². The van der Waals surface area contributed by atoms with E-state index in [4.69, 9.17) is 0 Å². The Morgan fingerprint density at radius 3 is 1.13 bits per heavy atom. The topological polar surface area (TPSA) is 34.1 Å². The number of aryl methyl sites for hydroxylation is 1. The van der Waals surface area contributed by atoms with Crippen LogP contribution in [0.15, 0.2) is 127 Å². The van der Waals surface area contributed by atoms with Crippen LogP contribution in [0.3, 0.4) is 0 Å². The van der Waals surface area contributed by atoms with E-state index in [-0.39, 0.29) is 11.6 Å². The van der Waals surface area contributed by atoms with Gasteiger partial charge < -0.3 is 0 Å². The van der Waals surface area contributed by atoms with Crippen molar-refractivity contribution >= 4 is 76.2 Å². The molecule has 0 heterocycles. The molecular formula is C43H30O2. The standard InChI is InChI=1S/C41H24O2.C2H6/c1-23-20-30(40(42)34-18-14-28-10-8-24-4-2-6-26-12-16-32(34)38(28)36(24)26)22-31(21-23)41(43)35-19-15-29-11-9-25-5-3-7-27-13-17-33(35)39(29)37(25)27;1-2/h2-22H,1H3;1-2H3. The zero-order valence-electron chi connectivity index (χ0n) is 25.4. The molecule has 9 aromatic carbocycles. The average molecular weight is 579 g/mol. The second-order valence-electron chi connectivity index (χ2n) is 11.7. The van der Waals surface area contributed by atoms with Crippen molar-refractivity contribution in [1.82, 2.24) is 0 Å². The fraction of sp³-hybridized carbons (Fsp3) is 0.0698. The normalized spacial score (nSPS) is 11.6. The molecule has 0 saturated heterocycles. The van der Waals surface area contributed by atoms with Crippen molar-refractivity contribution in [2.75, 3.05) is 0 Å². The van der Waals surface area contributed by atoms with Gasteiger partial charge >= 0.3 is 0 Å². The van der Waals surface area contributed by atoms with Crippen LogP contribution in [0.25, 0.3) is 64.6 Å². The third-order valence-electron chi connectivity index (χ3n) is 9.15. The first-order chi connectivity index (χ1) is 22.0. The van der Waals surface area contributed by atoms with Gasteiger partial charge in [-0.15, -0.1) is 0 Å². The van der Waals surface area contributed by atoms with Gasteiger partial charge in [0.2, 0.25) is 0 Å². The van der Waals surface area contributed by atoms with Gasteiger partial charge in [-0.05, 0) is 107 Å². The predicted octanol–water partition coefficient (Wildman–Crippen LogP) is 11.3. The van der Waals surface area contributed by atoms with Gasteiger partial charge in [-0.2, -0.15) is 0 Å². The van der Waals surface area contributed by atoms with Gasteiger partial charge in [-0.3, -0.25) is 9.59 Å². The summed E-state index contributed by atoms with van der Waals surface area (Å²) in [5, 5.41) is 13.3. The number of carbonyl (C=O) groups is 2. The summed E-state index contributed by atoms with van der Waals surface area (Å²) in [6.45, 7) is 5.95. The zero-order chi connectivity index (χ0) is 30.8. The van der Waals surface area contributed by atoms with E-state index in [1.807, 2.05) is 57.2 Å². The molecule has 0 aromatic heterocycles. The van der Waals surface area contributed by atoms with Crippen molar-refractivity contribution in [1.29, 1.82) is 0 Å². The summed E-state index contributed by atoms with van der Waals surface area (Å²) < 4.78 is 0. The molecule has 0 aliphatic rings. The van der Waals surface area contributed by atoms with Crippen LogP contribution in [-0.4, -0.2) is 11.6 Å². The maximum Gasteiger partial charge on any atom is 0.193 e. The minimum absolute atomic E-state index is 0.0777. The SMILES string of the molecule is CC.Cc1cc(C(=O)c2ccc3ccc4cccc5ccc2c3c45)cc(C(=O)c2ccc3ccc4cccc5ccc2c3c45)c1. The van der Waals surface area contributed by atoms with Crippen LogP contribution in [0, 0.1) is 6.92 Å². The largest absolute Gasteiger partial charge is 0.289 e. The number of hydrogen-bond donors (Lipinski definition) is 0. The number of carbonyl (C=O) groups excluding carboxylic acids is 2. The molecule has 0 N–H and O–H groups in total. The third-order valence-corrected chi connectivity index (χ3v) is 9.15. The van der Waals surface area contributed by atoms with Gasteiger partial charge in [0.05, 0.1) is 0 Å². The molecule has 0 bridgehead atoms. The second kappa shape index (κ2) is 10.2. The van der Waals surface area contributed by atoms with E-state index in [1.165, 1.54) is 10.8 Å². The van der Waals surface area contributed by atoms with E-state index in [0.29, 0.717) is 22.3 Å². The van der Waals surface area contributed by atoms with Crippen LogP contribution in [0.4, 0.5) is 0 Å². The van der Waals surface area contributed by atoms with Crippen LogP contribution in [0.2, 0.25) is 0 Å². The minimum atomic E-state index is -0.0777. The first kappa shape index (κ1) is 27.0. The molecule has 9 aromatic rings. The van der Waals surface area contributed by atoms with Gasteiger partial charge in [0.1, 0.15) is 0 Å². The highest BCUT2D eigenvalue weighted by molar-refractivity contribution is 6.30. The van der Waals surface area contributed by atoms with E-state index in [9.17, 15) is 9.59 Å². The molecule has 0 aliphatic heterocycles. The minimum Gasteiger partial charge on any atom is -0.289 e. The Bertz CT molecular complexity index is 2400. The van der Waals surface area contributed by atoms with Crippen molar-refractivity contribution in [3.8, 4) is 0 Å². The van der Waals surface area contributed by atoms with Crippen molar-refractivity contribution in [2.45, 2.75) is 20.8 Å². The van der Waals surface area contributed by atoms with E-state index in [0.717, 1.165) is 59.4 Å². The molecule has 0 fully saturated rings. The number of ketones is 2. The highest BCUT2D eigenvalue weighted by atomic mass is 16.1. The molecular weight excluding hydrogens is 548 g/mol. The molecule has 0 radical (unpaired) electrons. The lowest BCUT2D eigenvalue weighted by atomic mass is 9.87. The average Bonchev–Trinajstić information content (AvgIpc) is 3.09. The fourth-order valence-electron chi connectivity index (χ4n) is 7.22. The molecule has 0 saturated carbocycles. The number of benzene rings is 9. The Balaban J connectivity index is 0.00000147. The summed E-state index contributed by atoms with van der Waals surface area (Å²) in [6.07, 6.45) is 0. The van der Waals surface area contributed by atoms with Gasteiger partial charge in [0, 0.05) is 22.3 Å². The van der Waals surface area contributed by atoms with Gasteiger partial charge in [-0.1, -0.05) is 111 Å². The molecule has 45 heavy (non-hydrogen) atoms. The Morgan fingerprint density at radius 1 is 0.400 bits per heavy atom. The van der Waals surface area contributed by atoms with Gasteiger partial charge in [0.25, 0.3) is 0 Å². The van der Waals surface area contributed by atoms with E-state index >= 15 is 0 Å². The zero-order valence-corrected chi connectivity index (χ0v) is 25.4. The smallest absolute Gasteiger partial charge is 0.193 e. The quantitative estimate of drug-likeness (QED) is 0.154. The first-order valence-electron chi connectivity index (χ1n) is 15.6. The van der Waals surface area contributed by atoms with Crippen LogP contribution >= 0.6 is 0 Å². The summed E-state index contributed by atoms with van der Waals surface area (Å²) in [5.41, 5.74) is 3.23. The Hall–Kier alpha value is -5.60. The first-order valence-corrected chi connectivity index (χ1v) is 15.6. The third kappa shape index (κ3) is 4.03. The Morgan fingerprint density at radius 2 is 0.733 bits per heavy atom. The number of hydrogen-bond acceptors (Lipinski definition) is 2. The van der Waals surface area contributed by atoms with Crippen molar-refractivity contribution in [3.05, 3.63) is 155 Å². The molecule has 0 unspecified atom stereocenters. The molecule has 0 spiro atoms. The fourth-order valence-corrected chi connectivity index (χ4v) is 7.22. The Labute approximate surface area is 261 Å². The lowest BCUT2D eigenvalue weighted by Gasteiger charge is -2.15. The van der Waals surface area contributed by atoms with Crippen LogP contribution < -0.4 is 0 Å².